The summed E-state index contributed by atoms with van der Waals surface area (Å²) in [6.45, 7) is 5.47. The molecule has 0 radical (unpaired) electrons. The first kappa shape index (κ1) is 21.5. The molecule has 0 aliphatic carbocycles. The van der Waals surface area contributed by atoms with Crippen LogP contribution in [0.15, 0.2) is 53.4 Å². The number of amides is 1. The van der Waals surface area contributed by atoms with Crippen molar-refractivity contribution in [1.82, 2.24) is 5.32 Å². The van der Waals surface area contributed by atoms with Crippen LogP contribution in [0.2, 0.25) is 10.0 Å². The van der Waals surface area contributed by atoms with E-state index in [1.807, 2.05) is 20.8 Å². The molecule has 0 aromatic heterocycles. The highest BCUT2D eigenvalue weighted by molar-refractivity contribution is 7.92. The van der Waals surface area contributed by atoms with Gasteiger partial charge in [0.2, 0.25) is 5.91 Å². The molecule has 1 N–H and O–H groups in total. The van der Waals surface area contributed by atoms with Gasteiger partial charge < -0.3 is 5.32 Å². The van der Waals surface area contributed by atoms with Gasteiger partial charge in [-0.05, 0) is 55.3 Å². The molecule has 1 atom stereocenters. The van der Waals surface area contributed by atoms with Gasteiger partial charge in [0.1, 0.15) is 6.54 Å². The SMILES string of the molecule is CC(C)[C@H](C)NC(=O)CN(c1cccc(Cl)c1)S(=O)(=O)c1ccc(Cl)cc1. The molecule has 0 saturated carbocycles. The molecule has 0 saturated heterocycles. The molecule has 2 aromatic rings. The summed E-state index contributed by atoms with van der Waals surface area (Å²) in [6.07, 6.45) is 0. The number of carbonyl (C=O) groups is 1. The summed E-state index contributed by atoms with van der Waals surface area (Å²) in [7, 11) is -3.98. The number of nitrogens with zero attached hydrogens (tertiary/aromatic N) is 1. The van der Waals surface area contributed by atoms with E-state index < -0.39 is 15.9 Å². The second kappa shape index (κ2) is 8.95. The summed E-state index contributed by atoms with van der Waals surface area (Å²) < 4.78 is 27.4. The number of sulfonamides is 1. The molecule has 27 heavy (non-hydrogen) atoms. The standard InChI is InChI=1S/C19H22Cl2N2O3S/c1-13(2)14(3)22-19(24)12-23(17-6-4-5-16(21)11-17)27(25,26)18-9-7-15(20)8-10-18/h4-11,13-14H,12H2,1-3H3,(H,22,24)/t14-/m0/s1. The van der Waals surface area contributed by atoms with E-state index in [-0.39, 0.29) is 23.4 Å². The average Bonchev–Trinajstić information content (AvgIpc) is 2.59. The van der Waals surface area contributed by atoms with Crippen LogP contribution in [0.1, 0.15) is 20.8 Å². The number of hydrogen-bond donors (Lipinski definition) is 1. The molecule has 0 aliphatic rings. The van der Waals surface area contributed by atoms with Crippen LogP contribution in [0.5, 0.6) is 0 Å². The lowest BCUT2D eigenvalue weighted by Crippen LogP contribution is -2.45. The second-order valence-electron chi connectivity index (χ2n) is 6.55. The lowest BCUT2D eigenvalue weighted by molar-refractivity contribution is -0.120. The van der Waals surface area contributed by atoms with Crippen molar-refractivity contribution in [3.05, 3.63) is 58.6 Å². The van der Waals surface area contributed by atoms with E-state index in [1.54, 1.807) is 18.2 Å². The van der Waals surface area contributed by atoms with Crippen molar-refractivity contribution in [2.75, 3.05) is 10.8 Å². The molecule has 1 amide bonds. The Kier molecular flexibility index (Phi) is 7.14. The van der Waals surface area contributed by atoms with E-state index in [0.29, 0.717) is 15.7 Å². The Morgan fingerprint density at radius 2 is 1.67 bits per heavy atom. The smallest absolute Gasteiger partial charge is 0.264 e. The summed E-state index contributed by atoms with van der Waals surface area (Å²) in [5.41, 5.74) is 0.310. The Labute approximate surface area is 170 Å². The molecule has 0 spiro atoms. The maximum absolute atomic E-state index is 13.2. The largest absolute Gasteiger partial charge is 0.352 e. The normalized spacial score (nSPS) is 12.7. The van der Waals surface area contributed by atoms with Crippen LogP contribution >= 0.6 is 23.2 Å². The number of halogens is 2. The van der Waals surface area contributed by atoms with Gasteiger partial charge in [-0.15, -0.1) is 0 Å². The highest BCUT2D eigenvalue weighted by Crippen LogP contribution is 2.26. The van der Waals surface area contributed by atoms with Gasteiger partial charge in [-0.2, -0.15) is 0 Å². The predicted octanol–water partition coefficient (Wildman–Crippen LogP) is 4.35. The molecule has 0 unspecified atom stereocenters. The van der Waals surface area contributed by atoms with Crippen molar-refractivity contribution < 1.29 is 13.2 Å². The number of hydrogen-bond acceptors (Lipinski definition) is 3. The van der Waals surface area contributed by atoms with Crippen molar-refractivity contribution in [1.29, 1.82) is 0 Å². The van der Waals surface area contributed by atoms with Crippen molar-refractivity contribution >= 4 is 44.8 Å². The number of carbonyl (C=O) groups excluding carboxylic acids is 1. The average molecular weight is 429 g/mol. The molecule has 0 heterocycles. The summed E-state index contributed by atoms with van der Waals surface area (Å²) in [5, 5.41) is 3.63. The van der Waals surface area contributed by atoms with Crippen LogP contribution in [0.4, 0.5) is 5.69 Å². The quantitative estimate of drug-likeness (QED) is 0.712. The van der Waals surface area contributed by atoms with E-state index in [0.717, 1.165) is 4.31 Å². The molecule has 0 aliphatic heterocycles. The number of anilines is 1. The van der Waals surface area contributed by atoms with Gasteiger partial charge in [0.05, 0.1) is 10.6 Å². The van der Waals surface area contributed by atoms with Crippen LogP contribution in [-0.4, -0.2) is 26.9 Å². The van der Waals surface area contributed by atoms with E-state index in [2.05, 4.69) is 5.32 Å². The monoisotopic (exact) mass is 428 g/mol. The Morgan fingerprint density at radius 3 is 2.22 bits per heavy atom. The van der Waals surface area contributed by atoms with Gasteiger partial charge in [-0.25, -0.2) is 8.42 Å². The van der Waals surface area contributed by atoms with Gasteiger partial charge in [-0.1, -0.05) is 43.1 Å². The first-order valence-electron chi connectivity index (χ1n) is 8.44. The lowest BCUT2D eigenvalue weighted by atomic mass is 10.1. The second-order valence-corrected chi connectivity index (χ2v) is 9.28. The van der Waals surface area contributed by atoms with E-state index in [1.165, 1.54) is 30.3 Å². The number of rotatable bonds is 7. The predicted molar refractivity (Wildman–Crippen MR) is 110 cm³/mol. The van der Waals surface area contributed by atoms with Crippen LogP contribution in [0.25, 0.3) is 0 Å². The topological polar surface area (TPSA) is 66.5 Å². The minimum absolute atomic E-state index is 0.0385. The molecular weight excluding hydrogens is 407 g/mol. The molecular formula is C19H22Cl2N2O3S. The summed E-state index contributed by atoms with van der Waals surface area (Å²) in [6, 6.07) is 12.1. The van der Waals surface area contributed by atoms with Crippen molar-refractivity contribution in [3.63, 3.8) is 0 Å². The molecule has 2 rings (SSSR count). The van der Waals surface area contributed by atoms with Crippen LogP contribution in [0.3, 0.4) is 0 Å². The zero-order valence-corrected chi connectivity index (χ0v) is 17.6. The minimum atomic E-state index is -3.98. The Hall–Kier alpha value is -1.76. The van der Waals surface area contributed by atoms with Crippen molar-refractivity contribution in [3.8, 4) is 0 Å². The maximum Gasteiger partial charge on any atom is 0.264 e. The molecule has 0 bridgehead atoms. The highest BCUT2D eigenvalue weighted by atomic mass is 35.5. The van der Waals surface area contributed by atoms with Crippen LogP contribution in [-0.2, 0) is 14.8 Å². The zero-order valence-electron chi connectivity index (χ0n) is 15.3. The van der Waals surface area contributed by atoms with E-state index >= 15 is 0 Å². The first-order chi connectivity index (χ1) is 12.6. The van der Waals surface area contributed by atoms with Gasteiger partial charge in [0.25, 0.3) is 10.0 Å². The molecule has 5 nitrogen and oxygen atoms in total. The number of nitrogens with one attached hydrogen (secondary N) is 1. The van der Waals surface area contributed by atoms with Gasteiger partial charge in [-0.3, -0.25) is 9.10 Å². The van der Waals surface area contributed by atoms with E-state index in [9.17, 15) is 13.2 Å². The Balaban J connectivity index is 2.41. The van der Waals surface area contributed by atoms with Crippen LogP contribution in [0, 0.1) is 5.92 Å². The Bertz CT molecular complexity index is 899. The third kappa shape index (κ3) is 5.61. The summed E-state index contributed by atoms with van der Waals surface area (Å²) in [4.78, 5) is 12.5. The van der Waals surface area contributed by atoms with Crippen molar-refractivity contribution in [2.24, 2.45) is 5.92 Å². The third-order valence-corrected chi connectivity index (χ3v) is 6.45. The molecule has 8 heteroatoms. The maximum atomic E-state index is 13.2. The minimum Gasteiger partial charge on any atom is -0.352 e. The highest BCUT2D eigenvalue weighted by Gasteiger charge is 2.28. The molecule has 146 valence electrons. The van der Waals surface area contributed by atoms with Crippen molar-refractivity contribution in [2.45, 2.75) is 31.7 Å². The zero-order chi connectivity index (χ0) is 20.2. The molecule has 2 aromatic carbocycles. The fourth-order valence-corrected chi connectivity index (χ4v) is 4.00. The van der Waals surface area contributed by atoms with Gasteiger partial charge in [0, 0.05) is 16.1 Å². The first-order valence-corrected chi connectivity index (χ1v) is 10.6. The third-order valence-electron chi connectivity index (χ3n) is 4.17. The van der Waals surface area contributed by atoms with Gasteiger partial charge in [0.15, 0.2) is 0 Å². The summed E-state index contributed by atoms with van der Waals surface area (Å²) in [5.74, 6) is -0.171. The Morgan fingerprint density at radius 1 is 1.04 bits per heavy atom. The molecule has 0 fully saturated rings. The van der Waals surface area contributed by atoms with Crippen LogP contribution < -0.4 is 9.62 Å². The number of benzene rings is 2. The summed E-state index contributed by atoms with van der Waals surface area (Å²) >= 11 is 11.9. The van der Waals surface area contributed by atoms with Gasteiger partial charge >= 0.3 is 0 Å². The fraction of sp³-hybridized carbons (Fsp3) is 0.316. The van der Waals surface area contributed by atoms with E-state index in [4.69, 9.17) is 23.2 Å². The fourth-order valence-electron chi connectivity index (χ4n) is 2.28. The lowest BCUT2D eigenvalue weighted by Gasteiger charge is -2.26.